The average Bonchev–Trinajstić information content (AvgIpc) is 3.10. The van der Waals surface area contributed by atoms with Gasteiger partial charge in [-0.25, -0.2) is 17.9 Å². The van der Waals surface area contributed by atoms with Gasteiger partial charge >= 0.3 is 5.97 Å². The maximum atomic E-state index is 12.0. The Morgan fingerprint density at radius 2 is 2.10 bits per heavy atom. The number of carbonyl (C=O) groups is 2. The first-order valence-electron chi connectivity index (χ1n) is 6.56. The number of hydrogen-bond acceptors (Lipinski definition) is 4. The van der Waals surface area contributed by atoms with Gasteiger partial charge in [0, 0.05) is 18.8 Å². The van der Waals surface area contributed by atoms with Gasteiger partial charge in [0.1, 0.15) is 10.6 Å². The molecule has 0 aliphatic heterocycles. The normalized spacial score (nSPS) is 14.9. The Balaban J connectivity index is 2.07. The molecular weight excluding hydrogens is 298 g/mol. The zero-order chi connectivity index (χ0) is 15.6. The highest BCUT2D eigenvalue weighted by atomic mass is 32.2. The molecule has 2 rings (SSSR count). The first-order chi connectivity index (χ1) is 9.83. The van der Waals surface area contributed by atoms with Crippen molar-refractivity contribution in [3.8, 4) is 0 Å². The second-order valence-corrected chi connectivity index (χ2v) is 6.59. The van der Waals surface area contributed by atoms with Gasteiger partial charge in [0.2, 0.25) is 15.9 Å². The van der Waals surface area contributed by atoms with E-state index in [9.17, 15) is 18.0 Å². The minimum atomic E-state index is -3.91. The van der Waals surface area contributed by atoms with E-state index in [1.807, 2.05) is 0 Å². The average molecular weight is 315 g/mol. The Morgan fingerprint density at radius 3 is 2.57 bits per heavy atom. The molecule has 1 aromatic heterocycles. The van der Waals surface area contributed by atoms with Crippen LogP contribution in [0, 0.1) is 0 Å². The molecule has 1 aliphatic rings. The van der Waals surface area contributed by atoms with Gasteiger partial charge < -0.3 is 15.0 Å². The lowest BCUT2D eigenvalue weighted by Crippen LogP contribution is -2.37. The fourth-order valence-electron chi connectivity index (χ4n) is 1.82. The second-order valence-electron chi connectivity index (χ2n) is 4.82. The molecule has 0 unspecified atom stereocenters. The standard InChI is InChI=1S/C12H17N3O5S/c1-2-15-7-9(5-10(15)12(17)18)21(19,20)13-6-11(16)14-8-3-4-8/h5,7-8,13H,2-4,6H2,1H3,(H,14,16)(H,17,18). The molecular formula is C12H17N3O5S. The topological polar surface area (TPSA) is 118 Å². The number of amides is 1. The van der Waals surface area contributed by atoms with Crippen molar-refractivity contribution >= 4 is 21.9 Å². The van der Waals surface area contributed by atoms with E-state index < -0.39 is 21.9 Å². The summed E-state index contributed by atoms with van der Waals surface area (Å²) >= 11 is 0. The van der Waals surface area contributed by atoms with Crippen molar-refractivity contribution in [2.45, 2.75) is 37.2 Å². The molecule has 1 saturated carbocycles. The molecule has 0 saturated heterocycles. The van der Waals surface area contributed by atoms with Crippen LogP contribution in [0.25, 0.3) is 0 Å². The van der Waals surface area contributed by atoms with Gasteiger partial charge in [0.25, 0.3) is 0 Å². The Hall–Kier alpha value is -1.87. The lowest BCUT2D eigenvalue weighted by atomic mass is 10.4. The molecule has 1 aliphatic carbocycles. The number of carboxylic acids is 1. The third kappa shape index (κ3) is 3.82. The van der Waals surface area contributed by atoms with Crippen molar-refractivity contribution in [3.05, 3.63) is 18.0 Å². The van der Waals surface area contributed by atoms with E-state index >= 15 is 0 Å². The maximum Gasteiger partial charge on any atom is 0.352 e. The van der Waals surface area contributed by atoms with Crippen molar-refractivity contribution in [1.29, 1.82) is 0 Å². The highest BCUT2D eigenvalue weighted by molar-refractivity contribution is 7.89. The molecule has 21 heavy (non-hydrogen) atoms. The van der Waals surface area contributed by atoms with Gasteiger partial charge in [0.05, 0.1) is 6.54 Å². The van der Waals surface area contributed by atoms with Crippen molar-refractivity contribution < 1.29 is 23.1 Å². The van der Waals surface area contributed by atoms with Gasteiger partial charge in [0.15, 0.2) is 0 Å². The number of carboxylic acid groups (broad SMARTS) is 1. The van der Waals surface area contributed by atoms with Crippen LogP contribution >= 0.6 is 0 Å². The van der Waals surface area contributed by atoms with Crippen molar-refractivity contribution in [2.75, 3.05) is 6.54 Å². The van der Waals surface area contributed by atoms with Crippen LogP contribution in [-0.2, 0) is 21.4 Å². The molecule has 1 aromatic rings. The first-order valence-corrected chi connectivity index (χ1v) is 8.04. The maximum absolute atomic E-state index is 12.0. The van der Waals surface area contributed by atoms with Gasteiger partial charge in [-0.05, 0) is 25.8 Å². The molecule has 3 N–H and O–H groups in total. The zero-order valence-electron chi connectivity index (χ0n) is 11.5. The van der Waals surface area contributed by atoms with Gasteiger partial charge in [-0.15, -0.1) is 0 Å². The summed E-state index contributed by atoms with van der Waals surface area (Å²) in [5, 5.41) is 11.7. The quantitative estimate of drug-likeness (QED) is 0.642. The number of aromatic carboxylic acids is 1. The smallest absolute Gasteiger partial charge is 0.352 e. The Kier molecular flexibility index (Phi) is 4.33. The predicted molar refractivity (Wildman–Crippen MR) is 73.4 cm³/mol. The predicted octanol–water partition coefficient (Wildman–Crippen LogP) is -0.237. The van der Waals surface area contributed by atoms with Gasteiger partial charge in [-0.2, -0.15) is 0 Å². The lowest BCUT2D eigenvalue weighted by molar-refractivity contribution is -0.120. The third-order valence-electron chi connectivity index (χ3n) is 3.11. The SMILES string of the molecule is CCn1cc(S(=O)(=O)NCC(=O)NC2CC2)cc1C(=O)O. The summed E-state index contributed by atoms with van der Waals surface area (Å²) < 4.78 is 27.6. The number of aryl methyl sites for hydroxylation is 1. The number of carbonyl (C=O) groups excluding carboxylic acids is 1. The summed E-state index contributed by atoms with van der Waals surface area (Å²) in [5.74, 6) is -1.60. The van der Waals surface area contributed by atoms with Crippen molar-refractivity contribution in [1.82, 2.24) is 14.6 Å². The molecule has 0 aromatic carbocycles. The van der Waals surface area contributed by atoms with Crippen LogP contribution in [0.5, 0.6) is 0 Å². The fraction of sp³-hybridized carbons (Fsp3) is 0.500. The largest absolute Gasteiger partial charge is 0.477 e. The van der Waals surface area contributed by atoms with Crippen molar-refractivity contribution in [3.63, 3.8) is 0 Å². The summed E-state index contributed by atoms with van der Waals surface area (Å²) in [6, 6.07) is 1.23. The van der Waals surface area contributed by atoms with E-state index in [2.05, 4.69) is 10.0 Å². The van der Waals surface area contributed by atoms with E-state index in [4.69, 9.17) is 5.11 Å². The first kappa shape index (κ1) is 15.5. The van der Waals surface area contributed by atoms with Crippen LogP contribution in [-0.4, -0.2) is 42.6 Å². The van der Waals surface area contributed by atoms with Crippen LogP contribution in [0.2, 0.25) is 0 Å². The lowest BCUT2D eigenvalue weighted by Gasteiger charge is -2.05. The molecule has 0 spiro atoms. The van der Waals surface area contributed by atoms with E-state index in [-0.39, 0.29) is 23.2 Å². The monoisotopic (exact) mass is 315 g/mol. The molecule has 1 fully saturated rings. The minimum Gasteiger partial charge on any atom is -0.477 e. The van der Waals surface area contributed by atoms with Crippen LogP contribution in [0.4, 0.5) is 0 Å². The molecule has 0 radical (unpaired) electrons. The molecule has 9 heteroatoms. The van der Waals surface area contributed by atoms with Crippen LogP contribution in [0.3, 0.4) is 0 Å². The fourth-order valence-corrected chi connectivity index (χ4v) is 2.84. The van der Waals surface area contributed by atoms with Crippen molar-refractivity contribution in [2.24, 2.45) is 0 Å². The zero-order valence-corrected chi connectivity index (χ0v) is 12.3. The number of nitrogens with one attached hydrogen (secondary N) is 2. The highest BCUT2D eigenvalue weighted by Gasteiger charge is 2.25. The highest BCUT2D eigenvalue weighted by Crippen LogP contribution is 2.18. The molecule has 8 nitrogen and oxygen atoms in total. The van der Waals surface area contributed by atoms with Gasteiger partial charge in [-0.3, -0.25) is 4.79 Å². The van der Waals surface area contributed by atoms with E-state index in [1.54, 1.807) is 6.92 Å². The van der Waals surface area contributed by atoms with Gasteiger partial charge in [-0.1, -0.05) is 0 Å². The van der Waals surface area contributed by atoms with Crippen LogP contribution in [0.1, 0.15) is 30.3 Å². The van der Waals surface area contributed by atoms with E-state index in [0.29, 0.717) is 6.54 Å². The summed E-state index contributed by atoms with van der Waals surface area (Å²) in [4.78, 5) is 22.3. The Labute approximate surface area is 122 Å². The summed E-state index contributed by atoms with van der Waals surface area (Å²) in [5.41, 5.74) is -0.111. The molecule has 1 amide bonds. The van der Waals surface area contributed by atoms with E-state index in [0.717, 1.165) is 18.9 Å². The molecule has 116 valence electrons. The molecule has 0 atom stereocenters. The van der Waals surface area contributed by atoms with Crippen LogP contribution in [0.15, 0.2) is 17.2 Å². The summed E-state index contributed by atoms with van der Waals surface area (Å²) in [7, 11) is -3.91. The number of nitrogens with zero attached hydrogens (tertiary/aromatic N) is 1. The van der Waals surface area contributed by atoms with E-state index in [1.165, 1.54) is 10.8 Å². The molecule has 1 heterocycles. The van der Waals surface area contributed by atoms with Crippen LogP contribution < -0.4 is 10.0 Å². The summed E-state index contributed by atoms with van der Waals surface area (Å²) in [6.45, 7) is 1.68. The number of rotatable bonds is 7. The number of sulfonamides is 1. The number of aromatic nitrogens is 1. The Morgan fingerprint density at radius 1 is 1.43 bits per heavy atom. The third-order valence-corrected chi connectivity index (χ3v) is 4.48. The summed E-state index contributed by atoms with van der Waals surface area (Å²) in [6.07, 6.45) is 3.07. The number of hydrogen-bond donors (Lipinski definition) is 3. The second kappa shape index (κ2) is 5.86. The minimum absolute atomic E-state index is 0.111. The Bertz CT molecular complexity index is 660. The molecule has 0 bridgehead atoms.